The van der Waals surface area contributed by atoms with Crippen molar-refractivity contribution < 1.29 is 14.8 Å². The van der Waals surface area contributed by atoms with Gasteiger partial charge in [0.15, 0.2) is 0 Å². The van der Waals surface area contributed by atoms with Crippen molar-refractivity contribution in [1.82, 2.24) is 9.78 Å². The minimum Gasteiger partial charge on any atom is -0.508 e. The molecule has 2 N–H and O–H groups in total. The number of anilines is 1. The van der Waals surface area contributed by atoms with E-state index in [1.807, 2.05) is 13.8 Å². The van der Waals surface area contributed by atoms with Crippen LogP contribution in [0.5, 0.6) is 5.75 Å². The fourth-order valence-electron chi connectivity index (χ4n) is 2.26. The number of hydrogen-bond acceptors (Lipinski definition) is 5. The first kappa shape index (κ1) is 16.5. The lowest BCUT2D eigenvalue weighted by Gasteiger charge is -2.14. The van der Waals surface area contributed by atoms with E-state index in [0.717, 1.165) is 0 Å². The maximum absolute atomic E-state index is 12.3. The van der Waals surface area contributed by atoms with Crippen LogP contribution in [-0.2, 0) is 7.05 Å². The molecule has 1 heterocycles. The van der Waals surface area contributed by atoms with E-state index in [9.17, 15) is 20.0 Å². The molecule has 0 bridgehead atoms. The van der Waals surface area contributed by atoms with Crippen molar-refractivity contribution in [3.05, 3.63) is 45.3 Å². The minimum absolute atomic E-state index is 0.0652. The van der Waals surface area contributed by atoms with Gasteiger partial charge >= 0.3 is 5.69 Å². The van der Waals surface area contributed by atoms with E-state index in [1.165, 1.54) is 17.9 Å². The summed E-state index contributed by atoms with van der Waals surface area (Å²) in [7, 11) is 1.51. The molecule has 0 saturated heterocycles. The van der Waals surface area contributed by atoms with Crippen molar-refractivity contribution in [3.63, 3.8) is 0 Å². The number of aryl methyl sites for hydroxylation is 2. The average molecular weight is 318 g/mol. The number of phenolic OH excluding ortho intramolecular Hbond substituents is 1. The number of nitro groups is 1. The molecule has 1 aromatic carbocycles. The van der Waals surface area contributed by atoms with E-state index < -0.39 is 10.8 Å². The van der Waals surface area contributed by atoms with E-state index in [-0.39, 0.29) is 23.0 Å². The third-order valence-electron chi connectivity index (χ3n) is 3.47. The van der Waals surface area contributed by atoms with Gasteiger partial charge in [-0.15, -0.1) is 0 Å². The van der Waals surface area contributed by atoms with E-state index in [1.54, 1.807) is 19.1 Å². The Balaban J connectivity index is 2.38. The van der Waals surface area contributed by atoms with Crippen LogP contribution < -0.4 is 5.32 Å². The molecule has 23 heavy (non-hydrogen) atoms. The van der Waals surface area contributed by atoms with Gasteiger partial charge in [-0.1, -0.05) is 13.8 Å². The summed E-state index contributed by atoms with van der Waals surface area (Å²) in [4.78, 5) is 22.7. The van der Waals surface area contributed by atoms with E-state index in [2.05, 4.69) is 10.4 Å². The quantitative estimate of drug-likeness (QED) is 0.511. The zero-order chi connectivity index (χ0) is 17.3. The van der Waals surface area contributed by atoms with Crippen molar-refractivity contribution in [2.45, 2.75) is 26.7 Å². The molecule has 0 saturated carbocycles. The zero-order valence-electron chi connectivity index (χ0n) is 13.3. The minimum atomic E-state index is -0.666. The maximum atomic E-state index is 12.3. The summed E-state index contributed by atoms with van der Waals surface area (Å²) >= 11 is 0. The number of aromatic hydroxyl groups is 1. The van der Waals surface area contributed by atoms with Crippen LogP contribution in [0.2, 0.25) is 0 Å². The zero-order valence-corrected chi connectivity index (χ0v) is 13.3. The monoisotopic (exact) mass is 318 g/mol. The molecule has 0 atom stereocenters. The lowest BCUT2D eigenvalue weighted by molar-refractivity contribution is -0.385. The van der Waals surface area contributed by atoms with Crippen molar-refractivity contribution in [2.75, 3.05) is 5.32 Å². The van der Waals surface area contributed by atoms with Crippen LogP contribution in [0.15, 0.2) is 18.3 Å². The molecule has 0 radical (unpaired) electrons. The van der Waals surface area contributed by atoms with Crippen LogP contribution in [0.1, 0.15) is 41.4 Å². The molecule has 2 rings (SSSR count). The second-order valence-electron chi connectivity index (χ2n) is 5.63. The molecule has 0 aliphatic carbocycles. The van der Waals surface area contributed by atoms with Gasteiger partial charge in [-0.05, 0) is 36.1 Å². The molecule has 122 valence electrons. The van der Waals surface area contributed by atoms with Crippen LogP contribution in [0, 0.1) is 17.0 Å². The fraction of sp³-hybridized carbons (Fsp3) is 0.333. The number of carbonyl (C=O) groups excluding carboxylic acids is 1. The molecule has 0 spiro atoms. The summed E-state index contributed by atoms with van der Waals surface area (Å²) < 4.78 is 1.22. The number of carbonyl (C=O) groups is 1. The smallest absolute Gasteiger partial charge is 0.320 e. The first-order valence-electron chi connectivity index (χ1n) is 7.03. The number of amides is 1. The molecule has 8 nitrogen and oxygen atoms in total. The van der Waals surface area contributed by atoms with Crippen LogP contribution in [0.4, 0.5) is 11.4 Å². The van der Waals surface area contributed by atoms with Crippen LogP contribution in [-0.4, -0.2) is 25.7 Å². The first-order chi connectivity index (χ1) is 10.7. The van der Waals surface area contributed by atoms with Crippen molar-refractivity contribution >= 4 is 17.3 Å². The van der Waals surface area contributed by atoms with Crippen LogP contribution in [0.3, 0.4) is 0 Å². The highest BCUT2D eigenvalue weighted by Crippen LogP contribution is 2.31. The third-order valence-corrected chi connectivity index (χ3v) is 3.47. The van der Waals surface area contributed by atoms with Crippen molar-refractivity contribution in [1.29, 1.82) is 0 Å². The SMILES string of the molecule is Cc1cc(O)c(C(C)C)cc1NC(=O)c1nn(C)cc1[N+](=O)[O-]. The number of phenols is 1. The summed E-state index contributed by atoms with van der Waals surface area (Å²) in [6.07, 6.45) is 1.18. The third kappa shape index (κ3) is 3.31. The number of hydrogen-bond donors (Lipinski definition) is 2. The summed E-state index contributed by atoms with van der Waals surface area (Å²) in [5, 5.41) is 27.4. The van der Waals surface area contributed by atoms with Gasteiger partial charge in [-0.3, -0.25) is 19.6 Å². The highest BCUT2D eigenvalue weighted by molar-refractivity contribution is 6.06. The van der Waals surface area contributed by atoms with Gasteiger partial charge in [0.2, 0.25) is 5.69 Å². The molecule has 0 aliphatic heterocycles. The fourth-order valence-corrected chi connectivity index (χ4v) is 2.26. The first-order valence-corrected chi connectivity index (χ1v) is 7.03. The van der Waals surface area contributed by atoms with Gasteiger partial charge in [-0.25, -0.2) is 0 Å². The molecule has 0 aliphatic rings. The Hall–Kier alpha value is -2.90. The Kier molecular flexibility index (Phi) is 4.35. The molecule has 1 amide bonds. The Morgan fingerprint density at radius 3 is 2.65 bits per heavy atom. The average Bonchev–Trinajstić information content (AvgIpc) is 2.83. The summed E-state index contributed by atoms with van der Waals surface area (Å²) in [5.74, 6) is -0.449. The lowest BCUT2D eigenvalue weighted by atomic mass is 9.99. The Bertz CT molecular complexity index is 780. The summed E-state index contributed by atoms with van der Waals surface area (Å²) in [6.45, 7) is 5.56. The molecular formula is C15H18N4O4. The standard InChI is InChI=1S/C15H18N4O4/c1-8(2)10-6-11(9(3)5-13(10)20)16-15(21)14-12(19(22)23)7-18(4)17-14/h5-8,20H,1-4H3,(H,16,21). The second-order valence-corrected chi connectivity index (χ2v) is 5.63. The molecule has 2 aromatic rings. The second kappa shape index (κ2) is 6.07. The number of nitrogens with zero attached hydrogens (tertiary/aromatic N) is 3. The highest BCUT2D eigenvalue weighted by Gasteiger charge is 2.25. The van der Waals surface area contributed by atoms with Crippen molar-refractivity contribution in [3.8, 4) is 5.75 Å². The number of nitrogens with one attached hydrogen (secondary N) is 1. The van der Waals surface area contributed by atoms with Gasteiger partial charge in [-0.2, -0.15) is 5.10 Å². The Labute approximate surface area is 132 Å². The summed E-state index contributed by atoms with van der Waals surface area (Å²) in [5.41, 5.74) is 1.21. The number of rotatable bonds is 4. The molecule has 1 aromatic heterocycles. The van der Waals surface area contributed by atoms with E-state index in [4.69, 9.17) is 0 Å². The number of aromatic nitrogens is 2. The Morgan fingerprint density at radius 1 is 1.43 bits per heavy atom. The molecular weight excluding hydrogens is 300 g/mol. The van der Waals surface area contributed by atoms with Gasteiger partial charge in [0.25, 0.3) is 5.91 Å². The number of benzene rings is 1. The molecule has 0 fully saturated rings. The largest absolute Gasteiger partial charge is 0.508 e. The normalized spacial score (nSPS) is 10.8. The predicted octanol–water partition coefficient (Wildman–Crippen LogP) is 2.72. The maximum Gasteiger partial charge on any atom is 0.320 e. The van der Waals surface area contributed by atoms with E-state index >= 15 is 0 Å². The highest BCUT2D eigenvalue weighted by atomic mass is 16.6. The molecule has 0 unspecified atom stereocenters. The van der Waals surface area contributed by atoms with Gasteiger partial charge in [0, 0.05) is 12.7 Å². The predicted molar refractivity (Wildman–Crippen MR) is 84.7 cm³/mol. The van der Waals surface area contributed by atoms with Gasteiger partial charge in [0.05, 0.1) is 4.92 Å². The van der Waals surface area contributed by atoms with Gasteiger partial charge in [0.1, 0.15) is 11.9 Å². The summed E-state index contributed by atoms with van der Waals surface area (Å²) in [6, 6.07) is 3.22. The van der Waals surface area contributed by atoms with Crippen LogP contribution in [0.25, 0.3) is 0 Å². The van der Waals surface area contributed by atoms with Crippen LogP contribution >= 0.6 is 0 Å². The van der Waals surface area contributed by atoms with Gasteiger partial charge < -0.3 is 10.4 Å². The molecule has 8 heteroatoms. The van der Waals surface area contributed by atoms with Crippen molar-refractivity contribution in [2.24, 2.45) is 7.05 Å². The lowest BCUT2D eigenvalue weighted by Crippen LogP contribution is -2.15. The topological polar surface area (TPSA) is 110 Å². The van der Waals surface area contributed by atoms with E-state index in [0.29, 0.717) is 16.8 Å². The Morgan fingerprint density at radius 2 is 2.09 bits per heavy atom.